The number of benzene rings is 1. The van der Waals surface area contributed by atoms with Crippen LogP contribution in [0.3, 0.4) is 0 Å². The molecule has 0 fully saturated rings. The van der Waals surface area contributed by atoms with E-state index < -0.39 is 23.2 Å². The van der Waals surface area contributed by atoms with Crippen molar-refractivity contribution in [1.82, 2.24) is 5.32 Å². The Morgan fingerprint density at radius 1 is 0.871 bits per heavy atom. The summed E-state index contributed by atoms with van der Waals surface area (Å²) in [6.07, 6.45) is 0.126. The van der Waals surface area contributed by atoms with Gasteiger partial charge in [0.1, 0.15) is 11.2 Å². The summed E-state index contributed by atoms with van der Waals surface area (Å²) in [5, 5.41) is 3.01. The highest BCUT2D eigenvalue weighted by Gasteiger charge is 2.32. The van der Waals surface area contributed by atoms with Crippen molar-refractivity contribution in [2.75, 3.05) is 0 Å². The van der Waals surface area contributed by atoms with Crippen LogP contribution in [0, 0.1) is 11.8 Å². The molecule has 174 valence electrons. The molecule has 1 N–H and O–H groups in total. The molecule has 0 aliphatic carbocycles. The number of hydrogen-bond acceptors (Lipinski definition) is 4. The Bertz CT molecular complexity index is 767. The molecule has 0 bridgehead atoms. The first kappa shape index (κ1) is 26.7. The van der Waals surface area contributed by atoms with Crippen molar-refractivity contribution in [3.05, 3.63) is 47.0 Å². The van der Waals surface area contributed by atoms with E-state index in [9.17, 15) is 9.59 Å². The molecule has 1 rings (SSSR count). The second kappa shape index (κ2) is 10.8. The molecule has 1 amide bonds. The number of carbonyl (C=O) groups is 2. The van der Waals surface area contributed by atoms with Crippen molar-refractivity contribution >= 4 is 12.1 Å². The summed E-state index contributed by atoms with van der Waals surface area (Å²) >= 11 is 0. The first-order chi connectivity index (χ1) is 14.1. The summed E-state index contributed by atoms with van der Waals surface area (Å²) in [6.45, 7) is 19.1. The van der Waals surface area contributed by atoms with Crippen LogP contribution in [0.2, 0.25) is 0 Å². The Morgan fingerprint density at radius 2 is 1.39 bits per heavy atom. The van der Waals surface area contributed by atoms with Gasteiger partial charge in [-0.25, -0.2) is 4.79 Å². The largest absolute Gasteiger partial charge is 0.460 e. The average molecular weight is 432 g/mol. The van der Waals surface area contributed by atoms with Gasteiger partial charge in [0, 0.05) is 0 Å². The molecule has 0 unspecified atom stereocenters. The average Bonchev–Trinajstić information content (AvgIpc) is 2.57. The summed E-state index contributed by atoms with van der Waals surface area (Å²) in [4.78, 5) is 25.5. The molecule has 0 aliphatic rings. The number of hydrogen-bond donors (Lipinski definition) is 1. The number of alkyl carbamates (subject to hydrolysis) is 1. The van der Waals surface area contributed by atoms with Crippen molar-refractivity contribution in [2.45, 2.75) is 92.9 Å². The number of carbonyl (C=O) groups excluding carboxylic acids is 2. The highest BCUT2D eigenvalue weighted by atomic mass is 16.6. The highest BCUT2D eigenvalue weighted by molar-refractivity contribution is 5.77. The van der Waals surface area contributed by atoms with Crippen molar-refractivity contribution in [3.8, 4) is 0 Å². The zero-order valence-electron chi connectivity index (χ0n) is 21.0. The van der Waals surface area contributed by atoms with E-state index in [1.54, 1.807) is 0 Å². The fraction of sp³-hybridized carbons (Fsp3) is 0.615. The standard InChI is InChI=1S/C26H41NO4/c1-17(2)22(23(28)30-25(5,6)7)19(4)18(3)21(16-20-14-12-11-13-15-20)27-24(29)31-26(8,9)10/h11-15,17,21-22H,16H2,1-10H3,(H,27,29)/b19-18+/t21-,22+/m1/s1. The maximum absolute atomic E-state index is 13.0. The molecule has 1 aromatic rings. The normalized spacial score (nSPS) is 15.1. The minimum absolute atomic E-state index is 0.0590. The lowest BCUT2D eigenvalue weighted by Gasteiger charge is -2.30. The molecule has 5 heteroatoms. The van der Waals surface area contributed by atoms with Crippen LogP contribution in [0.15, 0.2) is 41.5 Å². The zero-order valence-corrected chi connectivity index (χ0v) is 21.0. The van der Waals surface area contributed by atoms with Crippen LogP contribution < -0.4 is 5.32 Å². The van der Waals surface area contributed by atoms with Gasteiger partial charge >= 0.3 is 12.1 Å². The molecule has 0 saturated carbocycles. The predicted molar refractivity (Wildman–Crippen MR) is 126 cm³/mol. The topological polar surface area (TPSA) is 64.6 Å². The van der Waals surface area contributed by atoms with E-state index >= 15 is 0 Å². The Balaban J connectivity index is 3.29. The van der Waals surface area contributed by atoms with Gasteiger partial charge in [0.15, 0.2) is 0 Å². The first-order valence-electron chi connectivity index (χ1n) is 11.0. The minimum atomic E-state index is -0.592. The summed E-state index contributed by atoms with van der Waals surface area (Å²) < 4.78 is 11.2. The van der Waals surface area contributed by atoms with Crippen molar-refractivity contribution in [2.24, 2.45) is 11.8 Å². The van der Waals surface area contributed by atoms with E-state index in [0.717, 1.165) is 16.7 Å². The van der Waals surface area contributed by atoms with Crippen LogP contribution in [0.1, 0.15) is 74.8 Å². The molecule has 5 nitrogen and oxygen atoms in total. The van der Waals surface area contributed by atoms with Gasteiger partial charge in [0.05, 0.1) is 12.0 Å². The predicted octanol–water partition coefficient (Wildman–Crippen LogP) is 6.07. The lowest BCUT2D eigenvalue weighted by Crippen LogP contribution is -2.42. The number of ether oxygens (including phenoxy) is 2. The molecule has 0 aromatic heterocycles. The van der Waals surface area contributed by atoms with E-state index in [0.29, 0.717) is 6.42 Å². The molecule has 0 radical (unpaired) electrons. The maximum atomic E-state index is 13.0. The third kappa shape index (κ3) is 9.58. The Hall–Kier alpha value is -2.30. The molecule has 0 saturated heterocycles. The third-order valence-corrected chi connectivity index (χ3v) is 4.91. The van der Waals surface area contributed by atoms with Gasteiger partial charge in [-0.1, -0.05) is 55.3 Å². The second-order valence-corrected chi connectivity index (χ2v) is 10.5. The van der Waals surface area contributed by atoms with E-state index in [1.165, 1.54) is 0 Å². The number of esters is 1. The molecule has 2 atom stereocenters. The van der Waals surface area contributed by atoms with Crippen molar-refractivity contribution in [3.63, 3.8) is 0 Å². The van der Waals surface area contributed by atoms with Crippen LogP contribution in [0.25, 0.3) is 0 Å². The quantitative estimate of drug-likeness (QED) is 0.420. The summed E-state index contributed by atoms with van der Waals surface area (Å²) in [5.74, 6) is -0.572. The van der Waals surface area contributed by atoms with Crippen LogP contribution in [0.5, 0.6) is 0 Å². The zero-order chi connectivity index (χ0) is 24.0. The van der Waals surface area contributed by atoms with Crippen LogP contribution in [-0.4, -0.2) is 29.3 Å². The lowest BCUT2D eigenvalue weighted by atomic mass is 9.83. The van der Waals surface area contributed by atoms with Crippen LogP contribution in [0.4, 0.5) is 4.79 Å². The SMILES string of the molecule is C/C(=C(/C)[C@@H](Cc1ccccc1)NC(=O)OC(C)(C)C)[C@@H](C(=O)OC(C)(C)C)C(C)C. The Morgan fingerprint density at radius 3 is 1.84 bits per heavy atom. The highest BCUT2D eigenvalue weighted by Crippen LogP contribution is 2.28. The number of amides is 1. The minimum Gasteiger partial charge on any atom is -0.460 e. The second-order valence-electron chi connectivity index (χ2n) is 10.5. The van der Waals surface area contributed by atoms with E-state index in [2.05, 4.69) is 5.32 Å². The van der Waals surface area contributed by atoms with Gasteiger partial charge < -0.3 is 14.8 Å². The molecular formula is C26H41NO4. The smallest absolute Gasteiger partial charge is 0.408 e. The first-order valence-corrected chi connectivity index (χ1v) is 11.0. The third-order valence-electron chi connectivity index (χ3n) is 4.91. The summed E-state index contributed by atoms with van der Waals surface area (Å²) in [5.41, 5.74) is 1.80. The van der Waals surface area contributed by atoms with Crippen molar-refractivity contribution < 1.29 is 19.1 Å². The molecule has 0 spiro atoms. The molecule has 1 aromatic carbocycles. The fourth-order valence-electron chi connectivity index (χ4n) is 3.45. The van der Waals surface area contributed by atoms with E-state index in [-0.39, 0.29) is 17.9 Å². The molecule has 31 heavy (non-hydrogen) atoms. The van der Waals surface area contributed by atoms with E-state index in [1.807, 2.05) is 99.6 Å². The van der Waals surface area contributed by atoms with Crippen LogP contribution >= 0.6 is 0 Å². The monoisotopic (exact) mass is 431 g/mol. The van der Waals surface area contributed by atoms with Crippen molar-refractivity contribution in [1.29, 1.82) is 0 Å². The van der Waals surface area contributed by atoms with Gasteiger partial charge in [0.2, 0.25) is 0 Å². The summed E-state index contributed by atoms with van der Waals surface area (Å²) in [7, 11) is 0. The van der Waals surface area contributed by atoms with Gasteiger partial charge in [-0.05, 0) is 73.3 Å². The Kier molecular flexibility index (Phi) is 9.34. The molecular weight excluding hydrogens is 390 g/mol. The molecule has 0 aliphatic heterocycles. The van der Waals surface area contributed by atoms with Gasteiger partial charge in [0.25, 0.3) is 0 Å². The Labute approximate surface area is 188 Å². The lowest BCUT2D eigenvalue weighted by molar-refractivity contribution is -0.160. The van der Waals surface area contributed by atoms with Gasteiger partial charge in [-0.2, -0.15) is 0 Å². The summed E-state index contributed by atoms with van der Waals surface area (Å²) in [6, 6.07) is 9.67. The van der Waals surface area contributed by atoms with Crippen LogP contribution in [-0.2, 0) is 20.7 Å². The molecule has 0 heterocycles. The fourth-order valence-corrected chi connectivity index (χ4v) is 3.45. The van der Waals surface area contributed by atoms with E-state index in [4.69, 9.17) is 9.47 Å². The maximum Gasteiger partial charge on any atom is 0.408 e. The number of rotatable bonds is 7. The number of nitrogens with one attached hydrogen (secondary N) is 1. The van der Waals surface area contributed by atoms with Gasteiger partial charge in [-0.15, -0.1) is 0 Å². The van der Waals surface area contributed by atoms with Gasteiger partial charge in [-0.3, -0.25) is 4.79 Å².